The van der Waals surface area contributed by atoms with Crippen LogP contribution in [0.15, 0.2) is 16.1 Å². The molecule has 0 saturated carbocycles. The van der Waals surface area contributed by atoms with Crippen LogP contribution in [-0.2, 0) is 11.3 Å². The minimum Gasteiger partial charge on any atom is -0.257 e. The van der Waals surface area contributed by atoms with Crippen molar-refractivity contribution in [1.82, 2.24) is 9.78 Å². The smallest absolute Gasteiger partial charge is 0.242 e. The van der Waals surface area contributed by atoms with Gasteiger partial charge in [0, 0.05) is 12.6 Å². The van der Waals surface area contributed by atoms with Gasteiger partial charge in [-0.1, -0.05) is 0 Å². The summed E-state index contributed by atoms with van der Waals surface area (Å²) in [6.45, 7) is 0.927. The van der Waals surface area contributed by atoms with Crippen molar-refractivity contribution < 1.29 is 4.79 Å². The van der Waals surface area contributed by atoms with Gasteiger partial charge in [-0.3, -0.25) is 4.68 Å². The Kier molecular flexibility index (Phi) is 2.47. The van der Waals surface area contributed by atoms with E-state index in [0.29, 0.717) is 5.82 Å². The van der Waals surface area contributed by atoms with Gasteiger partial charge in [0.2, 0.25) is 6.08 Å². The molecule has 1 aliphatic heterocycles. The Labute approximate surface area is 80.0 Å². The zero-order valence-corrected chi connectivity index (χ0v) is 7.88. The van der Waals surface area contributed by atoms with Crippen LogP contribution in [0.4, 0.5) is 5.82 Å². The number of fused-ring (bicyclic) bond motifs is 1. The predicted molar refractivity (Wildman–Crippen MR) is 50.0 cm³/mol. The Hall–Kier alpha value is -1.06. The molecule has 0 aliphatic carbocycles. The molecule has 1 aliphatic rings. The molecule has 0 amide bonds. The fourth-order valence-electron chi connectivity index (χ4n) is 1.30. The maximum atomic E-state index is 10.0. The molecule has 5 heteroatoms. The van der Waals surface area contributed by atoms with Crippen LogP contribution in [0.5, 0.6) is 0 Å². The van der Waals surface area contributed by atoms with E-state index in [1.165, 1.54) is 12.5 Å². The molecule has 0 spiro atoms. The number of aromatic nitrogens is 2. The lowest BCUT2D eigenvalue weighted by atomic mass is 10.3. The highest BCUT2D eigenvalue weighted by Gasteiger charge is 2.10. The molecule has 0 radical (unpaired) electrons. The van der Waals surface area contributed by atoms with Gasteiger partial charge in [0.05, 0.1) is 5.03 Å². The van der Waals surface area contributed by atoms with E-state index in [1.54, 1.807) is 11.8 Å². The first kappa shape index (κ1) is 8.53. The van der Waals surface area contributed by atoms with Crippen LogP contribution in [-0.4, -0.2) is 21.6 Å². The Morgan fingerprint density at radius 1 is 1.62 bits per heavy atom. The minimum atomic E-state index is 0.472. The second-order valence-corrected chi connectivity index (χ2v) is 3.94. The lowest BCUT2D eigenvalue weighted by Crippen LogP contribution is -1.98. The van der Waals surface area contributed by atoms with Gasteiger partial charge >= 0.3 is 0 Å². The minimum absolute atomic E-state index is 0.472. The van der Waals surface area contributed by atoms with E-state index in [1.807, 2.05) is 10.7 Å². The summed E-state index contributed by atoms with van der Waals surface area (Å²) in [6, 6.07) is 1.83. The van der Waals surface area contributed by atoms with Crippen molar-refractivity contribution in [3.8, 4) is 0 Å². The highest BCUT2D eigenvalue weighted by Crippen LogP contribution is 2.26. The van der Waals surface area contributed by atoms with Gasteiger partial charge < -0.3 is 0 Å². The van der Waals surface area contributed by atoms with Crippen LogP contribution in [0.3, 0.4) is 0 Å². The summed E-state index contributed by atoms with van der Waals surface area (Å²) >= 11 is 1.77. The summed E-state index contributed by atoms with van der Waals surface area (Å²) in [7, 11) is 0. The van der Waals surface area contributed by atoms with Crippen molar-refractivity contribution in [2.24, 2.45) is 4.99 Å². The second kappa shape index (κ2) is 3.77. The molecule has 0 saturated heterocycles. The Morgan fingerprint density at radius 2 is 2.54 bits per heavy atom. The number of nitrogens with zero attached hydrogens (tertiary/aromatic N) is 3. The van der Waals surface area contributed by atoms with E-state index < -0.39 is 0 Å². The number of aliphatic imine (C=N–C) groups is 1. The maximum Gasteiger partial charge on any atom is 0.242 e. The Morgan fingerprint density at radius 3 is 3.38 bits per heavy atom. The van der Waals surface area contributed by atoms with E-state index in [9.17, 15) is 4.79 Å². The van der Waals surface area contributed by atoms with E-state index in [0.717, 1.165) is 23.7 Å². The number of hydrogen-bond donors (Lipinski definition) is 0. The topological polar surface area (TPSA) is 47.2 Å². The van der Waals surface area contributed by atoms with Gasteiger partial charge in [-0.15, -0.1) is 16.8 Å². The molecule has 0 aromatic carbocycles. The number of hydrogen-bond acceptors (Lipinski definition) is 4. The summed E-state index contributed by atoms with van der Waals surface area (Å²) in [5.41, 5.74) is 0. The average molecular weight is 195 g/mol. The van der Waals surface area contributed by atoms with Gasteiger partial charge in [0.1, 0.15) is 0 Å². The first-order valence-electron chi connectivity index (χ1n) is 4.18. The molecule has 0 fully saturated rings. The van der Waals surface area contributed by atoms with Gasteiger partial charge in [-0.2, -0.15) is 5.10 Å². The van der Waals surface area contributed by atoms with E-state index in [4.69, 9.17) is 0 Å². The largest absolute Gasteiger partial charge is 0.257 e. The van der Waals surface area contributed by atoms with Crippen molar-refractivity contribution in [1.29, 1.82) is 0 Å². The Balaban J connectivity index is 2.32. The van der Waals surface area contributed by atoms with Crippen molar-refractivity contribution in [2.45, 2.75) is 24.4 Å². The first-order valence-corrected chi connectivity index (χ1v) is 5.17. The molecule has 13 heavy (non-hydrogen) atoms. The lowest BCUT2D eigenvalue weighted by Gasteiger charge is -1.97. The molecular formula is C8H9N3OS. The maximum absolute atomic E-state index is 10.0. The van der Waals surface area contributed by atoms with Crippen LogP contribution in [0.2, 0.25) is 0 Å². The zero-order valence-electron chi connectivity index (χ0n) is 7.06. The third-order valence-electron chi connectivity index (χ3n) is 1.90. The molecule has 4 nitrogen and oxygen atoms in total. The van der Waals surface area contributed by atoms with Gasteiger partial charge in [-0.25, -0.2) is 4.79 Å². The van der Waals surface area contributed by atoms with Crippen LogP contribution in [0, 0.1) is 0 Å². The molecule has 0 atom stereocenters. The fraction of sp³-hybridized carbons (Fsp3) is 0.500. The van der Waals surface area contributed by atoms with Gasteiger partial charge in [0.15, 0.2) is 5.82 Å². The third kappa shape index (κ3) is 1.82. The van der Waals surface area contributed by atoms with Crippen molar-refractivity contribution in [3.63, 3.8) is 0 Å². The number of carbonyl (C=O) groups excluding carboxylic acids is 1. The van der Waals surface area contributed by atoms with Crippen molar-refractivity contribution >= 4 is 23.7 Å². The van der Waals surface area contributed by atoms with Crippen LogP contribution >= 0.6 is 11.8 Å². The lowest BCUT2D eigenvalue weighted by molar-refractivity contribution is 0.545. The van der Waals surface area contributed by atoms with E-state index in [2.05, 4.69) is 10.1 Å². The van der Waals surface area contributed by atoms with Crippen LogP contribution < -0.4 is 0 Å². The second-order valence-electron chi connectivity index (χ2n) is 2.82. The first-order chi connectivity index (χ1) is 6.40. The molecular weight excluding hydrogens is 186 g/mol. The van der Waals surface area contributed by atoms with Crippen molar-refractivity contribution in [3.05, 3.63) is 6.07 Å². The van der Waals surface area contributed by atoms with E-state index >= 15 is 0 Å². The normalized spacial score (nSPS) is 15.7. The van der Waals surface area contributed by atoms with Gasteiger partial charge in [0.25, 0.3) is 0 Å². The summed E-state index contributed by atoms with van der Waals surface area (Å²) in [5.74, 6) is 1.59. The fourth-order valence-corrected chi connectivity index (χ4v) is 2.33. The molecule has 0 N–H and O–H groups in total. The Bertz CT molecular complexity index is 331. The summed E-state index contributed by atoms with van der Waals surface area (Å²) in [5, 5.41) is 5.27. The standard InChI is InChI=1S/C8H9N3OS/c12-6-9-7-5-8-11(10-7)3-1-2-4-13-8/h5H,1-4H2. The van der Waals surface area contributed by atoms with Crippen LogP contribution in [0.1, 0.15) is 12.8 Å². The summed E-state index contributed by atoms with van der Waals surface area (Å²) < 4.78 is 1.91. The summed E-state index contributed by atoms with van der Waals surface area (Å²) in [6.07, 6.45) is 3.87. The molecule has 2 heterocycles. The highest BCUT2D eigenvalue weighted by atomic mass is 32.2. The SMILES string of the molecule is O=C=Nc1cc2n(n1)CCCCS2. The quantitative estimate of drug-likeness (QED) is 0.506. The monoisotopic (exact) mass is 195 g/mol. The number of rotatable bonds is 1. The molecule has 0 bridgehead atoms. The molecule has 68 valence electrons. The molecule has 2 rings (SSSR count). The van der Waals surface area contributed by atoms with E-state index in [-0.39, 0.29) is 0 Å². The summed E-state index contributed by atoms with van der Waals surface area (Å²) in [4.78, 5) is 13.5. The van der Waals surface area contributed by atoms with Crippen LogP contribution in [0.25, 0.3) is 0 Å². The van der Waals surface area contributed by atoms with Crippen molar-refractivity contribution in [2.75, 3.05) is 5.75 Å². The number of thioether (sulfide) groups is 1. The number of aryl methyl sites for hydroxylation is 1. The average Bonchev–Trinajstić information content (AvgIpc) is 2.37. The predicted octanol–water partition coefficient (Wildman–Crippen LogP) is 1.74. The molecule has 1 aromatic rings. The van der Waals surface area contributed by atoms with Gasteiger partial charge in [-0.05, 0) is 18.6 Å². The number of isocyanates is 1. The zero-order chi connectivity index (χ0) is 9.10. The third-order valence-corrected chi connectivity index (χ3v) is 3.02. The molecule has 1 aromatic heterocycles. The molecule has 0 unspecified atom stereocenters. The highest BCUT2D eigenvalue weighted by molar-refractivity contribution is 7.99.